The van der Waals surface area contributed by atoms with E-state index >= 15 is 0 Å². The number of hydrogen-bond acceptors (Lipinski definition) is 4. The summed E-state index contributed by atoms with van der Waals surface area (Å²) in [4.78, 5) is 34.4. The lowest BCUT2D eigenvalue weighted by Crippen LogP contribution is -2.51. The monoisotopic (exact) mass is 260 g/mol. The second kappa shape index (κ2) is 4.56. The molecular weight excluding hydrogens is 248 g/mol. The number of carbonyl (C=O) groups excluding carboxylic acids is 3. The Labute approximate surface area is 109 Å². The van der Waals surface area contributed by atoms with E-state index in [2.05, 4.69) is 0 Å². The van der Waals surface area contributed by atoms with Crippen LogP contribution in [0.3, 0.4) is 0 Å². The van der Waals surface area contributed by atoms with Gasteiger partial charge in [-0.3, -0.25) is 20.2 Å². The quantitative estimate of drug-likeness (QED) is 0.515. The van der Waals surface area contributed by atoms with Gasteiger partial charge in [-0.15, -0.1) is 0 Å². The van der Waals surface area contributed by atoms with E-state index < -0.39 is 17.8 Å². The fourth-order valence-corrected chi connectivity index (χ4v) is 1.89. The number of nitrogens with one attached hydrogen (secondary N) is 2. The van der Waals surface area contributed by atoms with Gasteiger partial charge in [0.25, 0.3) is 11.8 Å². The molecule has 4 amide bonds. The third-order valence-electron chi connectivity index (χ3n) is 2.84. The first-order valence-electron chi connectivity index (χ1n) is 5.57. The fraction of sp³-hybridized carbons (Fsp3) is 0.154. The van der Waals surface area contributed by atoms with Gasteiger partial charge < -0.3 is 5.11 Å². The van der Waals surface area contributed by atoms with Crippen LogP contribution in [0.1, 0.15) is 18.1 Å². The zero-order valence-corrected chi connectivity index (χ0v) is 10.4. The van der Waals surface area contributed by atoms with Crippen LogP contribution in [0.4, 0.5) is 4.79 Å². The van der Waals surface area contributed by atoms with E-state index in [1.807, 2.05) is 17.6 Å². The van der Waals surface area contributed by atoms with Gasteiger partial charge in [-0.2, -0.15) is 0 Å². The zero-order chi connectivity index (χ0) is 14.2. The van der Waals surface area contributed by atoms with Crippen molar-refractivity contribution < 1.29 is 19.5 Å². The van der Waals surface area contributed by atoms with E-state index in [0.29, 0.717) is 11.1 Å². The van der Waals surface area contributed by atoms with Crippen molar-refractivity contribution in [2.45, 2.75) is 13.8 Å². The standard InChI is InChI=1S/C13H12N2O4/c1-6-3-4-9(16)8(5-6)7(2)10-11(17)14-13(19)15-12(10)18/h3-5,16H,1-2H3,(H2,14,15,17,18,19). The Hall–Kier alpha value is -2.63. The highest BCUT2D eigenvalue weighted by Crippen LogP contribution is 2.28. The molecule has 3 N–H and O–H groups in total. The second-order valence-corrected chi connectivity index (χ2v) is 4.26. The molecule has 1 saturated heterocycles. The van der Waals surface area contributed by atoms with Crippen molar-refractivity contribution in [3.8, 4) is 5.75 Å². The summed E-state index contributed by atoms with van der Waals surface area (Å²) < 4.78 is 0. The number of phenolic OH excluding ortho intramolecular Hbond substituents is 1. The molecule has 0 atom stereocenters. The van der Waals surface area contributed by atoms with E-state index in [4.69, 9.17) is 0 Å². The van der Waals surface area contributed by atoms with E-state index in [9.17, 15) is 19.5 Å². The Morgan fingerprint density at radius 1 is 1.11 bits per heavy atom. The van der Waals surface area contributed by atoms with E-state index in [1.165, 1.54) is 6.07 Å². The average Bonchev–Trinajstić information content (AvgIpc) is 2.30. The molecule has 1 aromatic rings. The number of barbiturate groups is 1. The van der Waals surface area contributed by atoms with Crippen LogP contribution in [0.15, 0.2) is 23.8 Å². The van der Waals surface area contributed by atoms with Gasteiger partial charge >= 0.3 is 6.03 Å². The Morgan fingerprint density at radius 3 is 2.26 bits per heavy atom. The number of rotatable bonds is 1. The van der Waals surface area contributed by atoms with Crippen molar-refractivity contribution >= 4 is 23.4 Å². The average molecular weight is 260 g/mol. The molecule has 6 nitrogen and oxygen atoms in total. The zero-order valence-electron chi connectivity index (χ0n) is 10.4. The molecule has 1 aromatic carbocycles. The highest BCUT2D eigenvalue weighted by Gasteiger charge is 2.30. The summed E-state index contributed by atoms with van der Waals surface area (Å²) in [5.74, 6) is -1.58. The molecule has 2 rings (SSSR count). The van der Waals surface area contributed by atoms with Crippen LogP contribution in [-0.2, 0) is 9.59 Å². The van der Waals surface area contributed by atoms with Crippen molar-refractivity contribution in [3.05, 3.63) is 34.9 Å². The van der Waals surface area contributed by atoms with E-state index in [-0.39, 0.29) is 11.3 Å². The van der Waals surface area contributed by atoms with Gasteiger partial charge in [0, 0.05) is 5.56 Å². The maximum Gasteiger partial charge on any atom is 0.328 e. The normalized spacial score (nSPS) is 15.1. The fourth-order valence-electron chi connectivity index (χ4n) is 1.89. The predicted octanol–water partition coefficient (Wildman–Crippen LogP) is 0.840. The number of benzene rings is 1. The van der Waals surface area contributed by atoms with Gasteiger partial charge in [0.1, 0.15) is 11.3 Å². The molecule has 1 aliphatic heterocycles. The molecule has 1 aliphatic rings. The SMILES string of the molecule is CC(=C1C(=O)NC(=O)NC1=O)c1cc(C)ccc1O. The van der Waals surface area contributed by atoms with Gasteiger partial charge in [0.15, 0.2) is 0 Å². The van der Waals surface area contributed by atoms with Crippen molar-refractivity contribution in [1.29, 1.82) is 0 Å². The van der Waals surface area contributed by atoms with Gasteiger partial charge in [-0.1, -0.05) is 11.6 Å². The maximum atomic E-state index is 11.7. The number of carbonyl (C=O) groups is 3. The van der Waals surface area contributed by atoms with Crippen LogP contribution >= 0.6 is 0 Å². The van der Waals surface area contributed by atoms with Crippen LogP contribution in [0.25, 0.3) is 5.57 Å². The Kier molecular flexibility index (Phi) is 3.08. The highest BCUT2D eigenvalue weighted by molar-refractivity contribution is 6.32. The summed E-state index contributed by atoms with van der Waals surface area (Å²) in [5, 5.41) is 13.8. The Balaban J connectivity index is 2.57. The molecule has 0 radical (unpaired) electrons. The third-order valence-corrected chi connectivity index (χ3v) is 2.84. The molecular formula is C13H12N2O4. The van der Waals surface area contributed by atoms with Gasteiger partial charge in [-0.05, 0) is 31.6 Å². The van der Waals surface area contributed by atoms with Crippen molar-refractivity contribution in [3.63, 3.8) is 0 Å². The molecule has 1 fully saturated rings. The smallest absolute Gasteiger partial charge is 0.328 e. The lowest BCUT2D eigenvalue weighted by Gasteiger charge is -2.17. The maximum absolute atomic E-state index is 11.7. The molecule has 0 aromatic heterocycles. The lowest BCUT2D eigenvalue weighted by atomic mass is 9.97. The molecule has 98 valence electrons. The number of aromatic hydroxyl groups is 1. The number of hydrogen-bond donors (Lipinski definition) is 3. The van der Waals surface area contributed by atoms with Gasteiger partial charge in [0.2, 0.25) is 0 Å². The summed E-state index contributed by atoms with van der Waals surface area (Å²) in [6.45, 7) is 3.37. The molecule has 0 spiro atoms. The topological polar surface area (TPSA) is 95.5 Å². The van der Waals surface area contributed by atoms with Crippen molar-refractivity contribution in [2.24, 2.45) is 0 Å². The summed E-state index contributed by atoms with van der Waals surface area (Å²) in [6.07, 6.45) is 0. The van der Waals surface area contributed by atoms with Crippen molar-refractivity contribution in [1.82, 2.24) is 10.6 Å². The molecule has 0 unspecified atom stereocenters. The van der Waals surface area contributed by atoms with Crippen LogP contribution in [0, 0.1) is 6.92 Å². The minimum Gasteiger partial charge on any atom is -0.507 e. The van der Waals surface area contributed by atoms with Gasteiger partial charge in [0.05, 0.1) is 0 Å². The predicted molar refractivity (Wildman–Crippen MR) is 67.1 cm³/mol. The van der Waals surface area contributed by atoms with Crippen LogP contribution in [0.2, 0.25) is 0 Å². The number of allylic oxidation sites excluding steroid dienone is 1. The number of aryl methyl sites for hydroxylation is 1. The minimum absolute atomic E-state index is 0.0342. The third kappa shape index (κ3) is 2.33. The Morgan fingerprint density at radius 2 is 1.68 bits per heavy atom. The lowest BCUT2D eigenvalue weighted by molar-refractivity contribution is -0.123. The number of phenols is 1. The molecule has 19 heavy (non-hydrogen) atoms. The molecule has 1 heterocycles. The second-order valence-electron chi connectivity index (χ2n) is 4.26. The molecule has 0 bridgehead atoms. The largest absolute Gasteiger partial charge is 0.507 e. The van der Waals surface area contributed by atoms with Crippen LogP contribution in [0.5, 0.6) is 5.75 Å². The molecule has 6 heteroatoms. The highest BCUT2D eigenvalue weighted by atomic mass is 16.3. The summed E-state index contributed by atoms with van der Waals surface area (Å²) in [7, 11) is 0. The summed E-state index contributed by atoms with van der Waals surface area (Å²) >= 11 is 0. The van der Waals surface area contributed by atoms with E-state index in [0.717, 1.165) is 5.56 Å². The Bertz CT molecular complexity index is 610. The molecule has 0 saturated carbocycles. The van der Waals surface area contributed by atoms with Gasteiger partial charge in [-0.25, -0.2) is 4.79 Å². The number of amides is 4. The first kappa shape index (κ1) is 12.8. The minimum atomic E-state index is -0.847. The summed E-state index contributed by atoms with van der Waals surface area (Å²) in [6, 6.07) is 4.01. The molecule has 0 aliphatic carbocycles. The number of urea groups is 1. The van der Waals surface area contributed by atoms with Crippen LogP contribution < -0.4 is 10.6 Å². The first-order chi connectivity index (χ1) is 8.90. The first-order valence-corrected chi connectivity index (χ1v) is 5.57. The number of imide groups is 2. The van der Waals surface area contributed by atoms with Crippen molar-refractivity contribution in [2.75, 3.05) is 0 Å². The summed E-state index contributed by atoms with van der Waals surface area (Å²) in [5.41, 5.74) is 1.39. The van der Waals surface area contributed by atoms with Crippen LogP contribution in [-0.4, -0.2) is 23.0 Å². The van der Waals surface area contributed by atoms with E-state index in [1.54, 1.807) is 19.1 Å².